The molecule has 0 saturated carbocycles. The highest BCUT2D eigenvalue weighted by atomic mass is 32.2. The molecular formula is C12H13NO2S2. The minimum absolute atomic E-state index is 0.367. The molecule has 1 aromatic carbocycles. The average molecular weight is 267 g/mol. The van der Waals surface area contributed by atoms with E-state index in [2.05, 4.69) is 4.98 Å². The number of nitrogens with zero attached hydrogens (tertiary/aromatic N) is 1. The maximum Gasteiger partial charge on any atom is 0.175 e. The Kier molecular flexibility index (Phi) is 3.05. The van der Waals surface area contributed by atoms with Crippen molar-refractivity contribution in [3.05, 3.63) is 34.2 Å². The molecule has 0 aliphatic heterocycles. The minimum atomic E-state index is -3.15. The van der Waals surface area contributed by atoms with Crippen LogP contribution >= 0.6 is 11.3 Å². The van der Waals surface area contributed by atoms with Gasteiger partial charge in [-0.25, -0.2) is 13.4 Å². The molecule has 0 amide bonds. The van der Waals surface area contributed by atoms with Crippen LogP contribution in [-0.4, -0.2) is 19.7 Å². The van der Waals surface area contributed by atoms with Gasteiger partial charge in [-0.15, -0.1) is 11.3 Å². The Morgan fingerprint density at radius 3 is 2.18 bits per heavy atom. The van der Waals surface area contributed by atoms with Crippen LogP contribution in [0.4, 0.5) is 0 Å². The van der Waals surface area contributed by atoms with Crippen LogP contribution in [0.5, 0.6) is 0 Å². The van der Waals surface area contributed by atoms with E-state index < -0.39 is 9.84 Å². The Balaban J connectivity index is 2.67. The first-order valence-corrected chi connectivity index (χ1v) is 7.93. The van der Waals surface area contributed by atoms with Crippen LogP contribution in [0.15, 0.2) is 27.9 Å². The molecule has 0 spiro atoms. The number of aromatic nitrogens is 1. The van der Waals surface area contributed by atoms with Crippen molar-refractivity contribution in [2.45, 2.75) is 18.7 Å². The molecule has 90 valence electrons. The number of thiazole rings is 1. The predicted molar refractivity (Wildman–Crippen MR) is 70.1 cm³/mol. The fourth-order valence-electron chi connectivity index (χ4n) is 1.88. The lowest BCUT2D eigenvalue weighted by Gasteiger charge is -2.09. The van der Waals surface area contributed by atoms with Crippen LogP contribution in [0.3, 0.4) is 0 Å². The van der Waals surface area contributed by atoms with E-state index in [1.165, 1.54) is 17.6 Å². The van der Waals surface area contributed by atoms with Gasteiger partial charge in [-0.05, 0) is 37.1 Å². The minimum Gasteiger partial charge on any atom is -0.245 e. The van der Waals surface area contributed by atoms with Crippen molar-refractivity contribution >= 4 is 21.2 Å². The van der Waals surface area contributed by atoms with Gasteiger partial charge in [0.05, 0.1) is 16.1 Å². The van der Waals surface area contributed by atoms with Gasteiger partial charge < -0.3 is 0 Å². The highest BCUT2D eigenvalue weighted by molar-refractivity contribution is 7.90. The smallest absolute Gasteiger partial charge is 0.175 e. The number of sulfone groups is 1. The van der Waals surface area contributed by atoms with Crippen molar-refractivity contribution in [2.24, 2.45) is 0 Å². The summed E-state index contributed by atoms with van der Waals surface area (Å²) in [5.41, 5.74) is 5.59. The molecule has 0 N–H and O–H groups in total. The summed E-state index contributed by atoms with van der Waals surface area (Å²) in [7, 11) is -3.15. The molecule has 0 atom stereocenters. The summed E-state index contributed by atoms with van der Waals surface area (Å²) in [5, 5.41) is 1.97. The highest BCUT2D eigenvalue weighted by Gasteiger charge is 2.13. The van der Waals surface area contributed by atoms with Gasteiger partial charge in [0.2, 0.25) is 0 Å². The molecule has 0 fully saturated rings. The lowest BCUT2D eigenvalue weighted by atomic mass is 10.0. The molecule has 2 aromatic rings. The molecule has 2 rings (SSSR count). The van der Waals surface area contributed by atoms with E-state index in [1.54, 1.807) is 17.6 Å². The van der Waals surface area contributed by atoms with Crippen LogP contribution < -0.4 is 0 Å². The Morgan fingerprint density at radius 1 is 1.18 bits per heavy atom. The molecule has 0 aliphatic rings. The predicted octanol–water partition coefficient (Wildman–Crippen LogP) is 2.83. The maximum atomic E-state index is 11.5. The number of hydrogen-bond acceptors (Lipinski definition) is 4. The SMILES string of the molecule is Cc1cc(S(C)(=O)=O)cc(C)c1-c1cscn1. The third kappa shape index (κ3) is 2.40. The topological polar surface area (TPSA) is 47.0 Å². The van der Waals surface area contributed by atoms with Crippen LogP contribution in [-0.2, 0) is 9.84 Å². The third-order valence-electron chi connectivity index (χ3n) is 2.62. The Hall–Kier alpha value is -1.20. The molecule has 0 unspecified atom stereocenters. The van der Waals surface area contributed by atoms with Crippen molar-refractivity contribution in [3.8, 4) is 11.3 Å². The summed E-state index contributed by atoms with van der Waals surface area (Å²) in [6.07, 6.45) is 1.23. The summed E-state index contributed by atoms with van der Waals surface area (Å²) in [4.78, 5) is 4.64. The number of benzene rings is 1. The van der Waals surface area contributed by atoms with E-state index in [0.29, 0.717) is 4.90 Å². The molecule has 0 bridgehead atoms. The highest BCUT2D eigenvalue weighted by Crippen LogP contribution is 2.29. The first-order chi connectivity index (χ1) is 7.89. The fourth-order valence-corrected chi connectivity index (χ4v) is 3.20. The van der Waals surface area contributed by atoms with Gasteiger partial charge in [-0.1, -0.05) is 0 Å². The zero-order valence-electron chi connectivity index (χ0n) is 9.89. The zero-order chi connectivity index (χ0) is 12.6. The molecule has 0 radical (unpaired) electrons. The molecule has 1 heterocycles. The monoisotopic (exact) mass is 267 g/mol. The molecule has 1 aromatic heterocycles. The van der Waals surface area contributed by atoms with E-state index in [1.807, 2.05) is 19.2 Å². The molecular weight excluding hydrogens is 254 g/mol. The summed E-state index contributed by atoms with van der Waals surface area (Å²) in [5.74, 6) is 0. The summed E-state index contributed by atoms with van der Waals surface area (Å²) in [6.45, 7) is 3.83. The molecule has 17 heavy (non-hydrogen) atoms. The number of rotatable bonds is 2. The summed E-state index contributed by atoms with van der Waals surface area (Å²) >= 11 is 1.53. The Morgan fingerprint density at radius 2 is 1.76 bits per heavy atom. The van der Waals surface area contributed by atoms with Crippen LogP contribution in [0.25, 0.3) is 11.3 Å². The quantitative estimate of drug-likeness (QED) is 0.840. The normalized spacial score (nSPS) is 11.7. The first-order valence-electron chi connectivity index (χ1n) is 5.09. The Bertz CT molecular complexity index is 620. The van der Waals surface area contributed by atoms with E-state index in [-0.39, 0.29) is 0 Å². The maximum absolute atomic E-state index is 11.5. The lowest BCUT2D eigenvalue weighted by Crippen LogP contribution is -2.00. The van der Waals surface area contributed by atoms with Crippen LogP contribution in [0.2, 0.25) is 0 Å². The first kappa shape index (κ1) is 12.3. The lowest BCUT2D eigenvalue weighted by molar-refractivity contribution is 0.601. The molecule has 5 heteroatoms. The second-order valence-corrected chi connectivity index (χ2v) is 6.81. The Labute approximate surface area is 105 Å². The van der Waals surface area contributed by atoms with Crippen molar-refractivity contribution in [1.29, 1.82) is 0 Å². The number of aryl methyl sites for hydroxylation is 2. The van der Waals surface area contributed by atoms with E-state index >= 15 is 0 Å². The van der Waals surface area contributed by atoms with Crippen LogP contribution in [0, 0.1) is 13.8 Å². The van der Waals surface area contributed by atoms with Gasteiger partial charge in [0.1, 0.15) is 0 Å². The molecule has 3 nitrogen and oxygen atoms in total. The van der Waals surface area contributed by atoms with E-state index in [4.69, 9.17) is 0 Å². The van der Waals surface area contributed by atoms with Crippen molar-refractivity contribution in [1.82, 2.24) is 4.98 Å². The second-order valence-electron chi connectivity index (χ2n) is 4.08. The largest absolute Gasteiger partial charge is 0.245 e. The third-order valence-corrected chi connectivity index (χ3v) is 4.30. The van der Waals surface area contributed by atoms with E-state index in [0.717, 1.165) is 22.4 Å². The van der Waals surface area contributed by atoms with Gasteiger partial charge in [0.25, 0.3) is 0 Å². The van der Waals surface area contributed by atoms with Crippen molar-refractivity contribution in [2.75, 3.05) is 6.26 Å². The average Bonchev–Trinajstić information content (AvgIpc) is 2.68. The van der Waals surface area contributed by atoms with Gasteiger partial charge in [-0.2, -0.15) is 0 Å². The van der Waals surface area contributed by atoms with Crippen LogP contribution in [0.1, 0.15) is 11.1 Å². The molecule has 0 aliphatic carbocycles. The summed E-state index contributed by atoms with van der Waals surface area (Å²) in [6, 6.07) is 3.41. The van der Waals surface area contributed by atoms with Gasteiger partial charge in [0, 0.05) is 17.2 Å². The number of hydrogen-bond donors (Lipinski definition) is 0. The van der Waals surface area contributed by atoms with Gasteiger partial charge in [0.15, 0.2) is 9.84 Å². The van der Waals surface area contributed by atoms with Gasteiger partial charge >= 0.3 is 0 Å². The summed E-state index contributed by atoms with van der Waals surface area (Å²) < 4.78 is 23.0. The zero-order valence-corrected chi connectivity index (χ0v) is 11.5. The van der Waals surface area contributed by atoms with Crippen molar-refractivity contribution < 1.29 is 8.42 Å². The van der Waals surface area contributed by atoms with Gasteiger partial charge in [-0.3, -0.25) is 0 Å². The van der Waals surface area contributed by atoms with Crippen molar-refractivity contribution in [3.63, 3.8) is 0 Å². The standard InChI is InChI=1S/C12H13NO2S2/c1-8-4-10(17(3,14)15)5-9(2)12(8)11-6-16-7-13-11/h4-7H,1-3H3. The van der Waals surface area contributed by atoms with E-state index in [9.17, 15) is 8.42 Å². The second kappa shape index (κ2) is 4.23. The fraction of sp³-hybridized carbons (Fsp3) is 0.250. The molecule has 0 saturated heterocycles.